The van der Waals surface area contributed by atoms with Crippen LogP contribution >= 0.6 is 11.8 Å². The normalized spacial score (nSPS) is 20.9. The van der Waals surface area contributed by atoms with E-state index in [0.29, 0.717) is 13.1 Å². The van der Waals surface area contributed by atoms with Gasteiger partial charge in [-0.15, -0.1) is 11.8 Å². The highest BCUT2D eigenvalue weighted by molar-refractivity contribution is 7.98. The molecule has 18 heavy (non-hydrogen) atoms. The topological polar surface area (TPSA) is 40.5 Å². The molecule has 1 aliphatic heterocycles. The fourth-order valence-corrected chi connectivity index (χ4v) is 2.65. The third kappa shape index (κ3) is 3.57. The molecule has 1 saturated heterocycles. The Labute approximate surface area is 112 Å². The molecule has 1 N–H and O–H groups in total. The number of carbonyl (C=O) groups excluding carboxylic acids is 1. The fourth-order valence-electron chi connectivity index (χ4n) is 2.25. The second-order valence-electron chi connectivity index (χ2n) is 4.68. The summed E-state index contributed by atoms with van der Waals surface area (Å²) in [5.41, 5.74) is 0.757. The molecule has 0 bridgehead atoms. The van der Waals surface area contributed by atoms with Crippen molar-refractivity contribution in [1.82, 2.24) is 4.90 Å². The van der Waals surface area contributed by atoms with Gasteiger partial charge in [0.05, 0.1) is 12.6 Å². The van der Waals surface area contributed by atoms with Crippen LogP contribution in [-0.4, -0.2) is 47.8 Å². The first-order valence-electron chi connectivity index (χ1n) is 6.26. The second kappa shape index (κ2) is 6.36. The van der Waals surface area contributed by atoms with Crippen molar-refractivity contribution in [3.8, 4) is 0 Å². The van der Waals surface area contributed by atoms with E-state index in [0.717, 1.165) is 24.9 Å². The zero-order valence-electron chi connectivity index (χ0n) is 10.6. The van der Waals surface area contributed by atoms with Gasteiger partial charge >= 0.3 is 0 Å². The lowest BCUT2D eigenvalue weighted by atomic mass is 10.1. The fraction of sp³-hybridized carbons (Fsp3) is 0.500. The first-order chi connectivity index (χ1) is 8.69. The Bertz CT molecular complexity index is 405. The van der Waals surface area contributed by atoms with E-state index < -0.39 is 0 Å². The summed E-state index contributed by atoms with van der Waals surface area (Å²) in [6.45, 7) is 1.94. The zero-order chi connectivity index (χ0) is 13.0. The predicted molar refractivity (Wildman–Crippen MR) is 74.2 cm³/mol. The van der Waals surface area contributed by atoms with Crippen molar-refractivity contribution in [2.24, 2.45) is 0 Å². The van der Waals surface area contributed by atoms with Crippen molar-refractivity contribution in [3.05, 3.63) is 29.8 Å². The highest BCUT2D eigenvalue weighted by Crippen LogP contribution is 2.16. The van der Waals surface area contributed by atoms with Gasteiger partial charge in [-0.2, -0.15) is 0 Å². The van der Waals surface area contributed by atoms with Gasteiger partial charge in [0.25, 0.3) is 0 Å². The van der Waals surface area contributed by atoms with Crippen LogP contribution in [0.15, 0.2) is 29.2 Å². The van der Waals surface area contributed by atoms with E-state index in [-0.39, 0.29) is 11.9 Å². The van der Waals surface area contributed by atoms with Crippen LogP contribution in [0.5, 0.6) is 0 Å². The lowest BCUT2D eigenvalue weighted by molar-refractivity contribution is 0.0634. The van der Waals surface area contributed by atoms with Gasteiger partial charge in [0, 0.05) is 17.0 Å². The maximum atomic E-state index is 12.1. The van der Waals surface area contributed by atoms with Gasteiger partial charge in [-0.05, 0) is 37.8 Å². The molecule has 3 nitrogen and oxygen atoms in total. The van der Waals surface area contributed by atoms with Gasteiger partial charge in [0.15, 0.2) is 5.78 Å². The van der Waals surface area contributed by atoms with Gasteiger partial charge < -0.3 is 5.11 Å². The van der Waals surface area contributed by atoms with E-state index in [1.165, 1.54) is 4.90 Å². The number of hydrogen-bond donors (Lipinski definition) is 1. The average Bonchev–Trinajstić information content (AvgIpc) is 2.39. The van der Waals surface area contributed by atoms with Crippen molar-refractivity contribution in [3.63, 3.8) is 0 Å². The highest BCUT2D eigenvalue weighted by atomic mass is 32.2. The number of ketones is 1. The van der Waals surface area contributed by atoms with Gasteiger partial charge in [0.2, 0.25) is 0 Å². The quantitative estimate of drug-likeness (QED) is 0.668. The van der Waals surface area contributed by atoms with E-state index >= 15 is 0 Å². The summed E-state index contributed by atoms with van der Waals surface area (Å²) in [5, 5.41) is 9.58. The lowest BCUT2D eigenvalue weighted by Gasteiger charge is -2.29. The number of aliphatic hydroxyl groups is 1. The molecule has 98 valence electrons. The van der Waals surface area contributed by atoms with Crippen molar-refractivity contribution in [1.29, 1.82) is 0 Å². The number of nitrogens with zero attached hydrogens (tertiary/aromatic N) is 1. The number of carbonyl (C=O) groups is 1. The van der Waals surface area contributed by atoms with E-state index in [1.54, 1.807) is 11.8 Å². The van der Waals surface area contributed by atoms with Crippen LogP contribution in [0.25, 0.3) is 0 Å². The molecule has 1 heterocycles. The molecule has 1 atom stereocenters. The van der Waals surface area contributed by atoms with Crippen LogP contribution in [0.4, 0.5) is 0 Å². The van der Waals surface area contributed by atoms with E-state index in [9.17, 15) is 9.90 Å². The summed E-state index contributed by atoms with van der Waals surface area (Å²) in [4.78, 5) is 15.3. The smallest absolute Gasteiger partial charge is 0.176 e. The van der Waals surface area contributed by atoms with Gasteiger partial charge in [0.1, 0.15) is 0 Å². The highest BCUT2D eigenvalue weighted by Gasteiger charge is 2.20. The van der Waals surface area contributed by atoms with Gasteiger partial charge in [-0.1, -0.05) is 12.1 Å². The summed E-state index contributed by atoms with van der Waals surface area (Å²) in [5.74, 6) is 0.136. The molecular weight excluding hydrogens is 246 g/mol. The maximum absolute atomic E-state index is 12.1. The molecule has 1 aromatic rings. The molecule has 2 rings (SSSR count). The first kappa shape index (κ1) is 13.6. The molecule has 1 aromatic carbocycles. The Morgan fingerprint density at radius 1 is 1.44 bits per heavy atom. The van der Waals surface area contributed by atoms with Crippen LogP contribution in [0.1, 0.15) is 23.2 Å². The Morgan fingerprint density at radius 3 is 2.78 bits per heavy atom. The predicted octanol–water partition coefficient (Wildman–Crippen LogP) is 2.05. The molecule has 1 fully saturated rings. The number of hydrogen-bond acceptors (Lipinski definition) is 4. The zero-order valence-corrected chi connectivity index (χ0v) is 11.4. The maximum Gasteiger partial charge on any atom is 0.176 e. The molecule has 0 aromatic heterocycles. The van der Waals surface area contributed by atoms with E-state index in [2.05, 4.69) is 0 Å². The number of rotatable bonds is 4. The summed E-state index contributed by atoms with van der Waals surface area (Å²) >= 11 is 1.67. The Morgan fingerprint density at radius 2 is 2.17 bits per heavy atom. The number of piperidine rings is 1. The molecule has 0 aliphatic carbocycles. The lowest BCUT2D eigenvalue weighted by Crippen LogP contribution is -2.41. The molecule has 0 radical (unpaired) electrons. The largest absolute Gasteiger partial charge is 0.392 e. The van der Waals surface area contributed by atoms with Crippen LogP contribution in [0, 0.1) is 0 Å². The third-order valence-electron chi connectivity index (χ3n) is 3.26. The van der Waals surface area contributed by atoms with Gasteiger partial charge in [-0.25, -0.2) is 0 Å². The number of β-amino-alcohol motifs (C(OH)–C–C–N with tert-alkyl or cyclic N) is 1. The molecule has 1 aliphatic rings. The van der Waals surface area contributed by atoms with Gasteiger partial charge in [-0.3, -0.25) is 9.69 Å². The molecule has 0 saturated carbocycles. The minimum atomic E-state index is -0.273. The summed E-state index contributed by atoms with van der Waals surface area (Å²) in [6, 6.07) is 7.72. The Kier molecular flexibility index (Phi) is 4.80. The number of thioether (sulfide) groups is 1. The van der Waals surface area contributed by atoms with Crippen LogP contribution in [0.3, 0.4) is 0 Å². The Balaban J connectivity index is 1.94. The van der Waals surface area contributed by atoms with Crippen molar-refractivity contribution in [2.45, 2.75) is 23.8 Å². The summed E-state index contributed by atoms with van der Waals surface area (Å²) in [7, 11) is 0. The van der Waals surface area contributed by atoms with Crippen LogP contribution < -0.4 is 0 Å². The number of likely N-dealkylation sites (tertiary alicyclic amines) is 1. The number of Topliss-reactive ketones (excluding diaryl/α,β-unsaturated/α-hetero) is 1. The van der Waals surface area contributed by atoms with E-state index in [4.69, 9.17) is 0 Å². The minimum absolute atomic E-state index is 0.136. The van der Waals surface area contributed by atoms with Crippen molar-refractivity contribution >= 4 is 17.5 Å². The molecule has 0 amide bonds. The molecule has 4 heteroatoms. The van der Waals surface area contributed by atoms with E-state index in [1.807, 2.05) is 35.4 Å². The second-order valence-corrected chi connectivity index (χ2v) is 5.56. The molecular formula is C14H19NO2S. The Hall–Kier alpha value is -0.840. The third-order valence-corrected chi connectivity index (χ3v) is 4.00. The summed E-state index contributed by atoms with van der Waals surface area (Å²) < 4.78 is 0. The van der Waals surface area contributed by atoms with Crippen molar-refractivity contribution < 1.29 is 9.90 Å². The first-order valence-corrected chi connectivity index (χ1v) is 7.49. The van der Waals surface area contributed by atoms with Crippen LogP contribution in [0.2, 0.25) is 0 Å². The number of aliphatic hydroxyl groups excluding tert-OH is 1. The van der Waals surface area contributed by atoms with Crippen molar-refractivity contribution in [2.75, 3.05) is 25.9 Å². The monoisotopic (exact) mass is 265 g/mol. The molecule has 1 unspecified atom stereocenters. The average molecular weight is 265 g/mol. The summed E-state index contributed by atoms with van der Waals surface area (Å²) in [6.07, 6.45) is 3.57. The minimum Gasteiger partial charge on any atom is -0.392 e. The standard InChI is InChI=1S/C14H19NO2S/c1-18-13-6-4-11(5-7-13)14(17)10-15-8-2-3-12(16)9-15/h4-7,12,16H,2-3,8-10H2,1H3. The SMILES string of the molecule is CSc1ccc(C(=O)CN2CCCC(O)C2)cc1. The molecule has 0 spiro atoms. The van der Waals surface area contributed by atoms with Crippen LogP contribution in [-0.2, 0) is 0 Å². The number of benzene rings is 1.